The molecule has 12 heavy (non-hydrogen) atoms. The second-order valence-corrected chi connectivity index (χ2v) is 2.45. The van der Waals surface area contributed by atoms with Gasteiger partial charge in [0.15, 0.2) is 0 Å². The maximum Gasteiger partial charge on any atom is 0.0846 e. The van der Waals surface area contributed by atoms with Crippen LogP contribution in [-0.4, -0.2) is 6.67 Å². The molecule has 2 N–H and O–H groups in total. The Morgan fingerprint density at radius 3 is 2.33 bits per heavy atom. The molecule has 2 nitrogen and oxygen atoms in total. The standard InChI is InChI=1S/C10H18N2/c1-5-9(4)11-8-12-10(6-2)7-3/h5-7,11-12H,2,8H2,1,3-4H3/b9-5+,10-7+. The topological polar surface area (TPSA) is 24.1 Å². The van der Waals surface area contributed by atoms with E-state index >= 15 is 0 Å². The minimum atomic E-state index is 0.738. The number of hydrogen-bond acceptors (Lipinski definition) is 2. The van der Waals surface area contributed by atoms with Gasteiger partial charge in [-0.05, 0) is 26.8 Å². The van der Waals surface area contributed by atoms with Gasteiger partial charge < -0.3 is 10.6 Å². The smallest absolute Gasteiger partial charge is 0.0846 e. The van der Waals surface area contributed by atoms with Crippen molar-refractivity contribution in [1.29, 1.82) is 0 Å². The number of hydrogen-bond donors (Lipinski definition) is 2. The average Bonchev–Trinajstić information content (AvgIpc) is 2.12. The van der Waals surface area contributed by atoms with Crippen molar-refractivity contribution in [2.45, 2.75) is 20.8 Å². The average molecular weight is 166 g/mol. The fourth-order valence-electron chi connectivity index (χ4n) is 0.680. The van der Waals surface area contributed by atoms with Crippen molar-refractivity contribution in [2.75, 3.05) is 6.67 Å². The molecule has 0 bridgehead atoms. The highest BCUT2D eigenvalue weighted by Crippen LogP contribution is 1.88. The Labute approximate surface area is 75.1 Å². The molecule has 0 radical (unpaired) electrons. The summed E-state index contributed by atoms with van der Waals surface area (Å²) in [6, 6.07) is 0. The van der Waals surface area contributed by atoms with E-state index in [1.807, 2.05) is 32.9 Å². The fourth-order valence-corrected chi connectivity index (χ4v) is 0.680. The molecule has 68 valence electrons. The summed E-state index contributed by atoms with van der Waals surface area (Å²) < 4.78 is 0. The largest absolute Gasteiger partial charge is 0.372 e. The van der Waals surface area contributed by atoms with E-state index in [-0.39, 0.29) is 0 Å². The van der Waals surface area contributed by atoms with E-state index in [2.05, 4.69) is 17.2 Å². The van der Waals surface area contributed by atoms with Gasteiger partial charge in [-0.25, -0.2) is 0 Å². The zero-order valence-electron chi connectivity index (χ0n) is 8.15. The Morgan fingerprint density at radius 1 is 1.25 bits per heavy atom. The van der Waals surface area contributed by atoms with Crippen LogP contribution in [0, 0.1) is 0 Å². The molecule has 0 fully saturated rings. The van der Waals surface area contributed by atoms with Crippen molar-refractivity contribution in [2.24, 2.45) is 0 Å². The highest BCUT2D eigenvalue weighted by molar-refractivity contribution is 5.12. The van der Waals surface area contributed by atoms with Crippen LogP contribution < -0.4 is 10.6 Å². The van der Waals surface area contributed by atoms with Gasteiger partial charge in [-0.2, -0.15) is 0 Å². The first-order valence-electron chi connectivity index (χ1n) is 4.14. The van der Waals surface area contributed by atoms with Crippen molar-refractivity contribution in [3.63, 3.8) is 0 Å². The Balaban J connectivity index is 3.63. The van der Waals surface area contributed by atoms with E-state index < -0.39 is 0 Å². The maximum absolute atomic E-state index is 3.68. The maximum atomic E-state index is 3.68. The van der Waals surface area contributed by atoms with Gasteiger partial charge in [0.25, 0.3) is 0 Å². The van der Waals surface area contributed by atoms with Crippen molar-refractivity contribution in [3.8, 4) is 0 Å². The SMILES string of the molecule is C=C/C(=C\C)NCN/C(C)=C/C. The normalized spacial score (nSPS) is 12.6. The number of rotatable bonds is 5. The molecule has 0 aliphatic heterocycles. The molecule has 0 saturated heterocycles. The Kier molecular flexibility index (Phi) is 5.88. The van der Waals surface area contributed by atoms with E-state index in [9.17, 15) is 0 Å². The highest BCUT2D eigenvalue weighted by atomic mass is 15.1. The van der Waals surface area contributed by atoms with E-state index in [1.54, 1.807) is 6.08 Å². The molecule has 2 heteroatoms. The van der Waals surface area contributed by atoms with E-state index in [1.165, 1.54) is 5.70 Å². The lowest BCUT2D eigenvalue weighted by molar-refractivity contribution is 0.716. The molecule has 0 rings (SSSR count). The van der Waals surface area contributed by atoms with Gasteiger partial charge in [-0.3, -0.25) is 0 Å². The van der Waals surface area contributed by atoms with Crippen LogP contribution >= 0.6 is 0 Å². The zero-order valence-corrected chi connectivity index (χ0v) is 8.15. The van der Waals surface area contributed by atoms with Crippen LogP contribution in [-0.2, 0) is 0 Å². The van der Waals surface area contributed by atoms with Crippen LogP contribution in [0.2, 0.25) is 0 Å². The predicted octanol–water partition coefficient (Wildman–Crippen LogP) is 2.14. The van der Waals surface area contributed by atoms with Gasteiger partial charge in [0.05, 0.1) is 6.67 Å². The molecule has 0 amide bonds. The minimum absolute atomic E-state index is 0.738. The molecule has 0 spiro atoms. The third kappa shape index (κ3) is 4.61. The zero-order chi connectivity index (χ0) is 9.40. The van der Waals surface area contributed by atoms with E-state index in [0.29, 0.717) is 0 Å². The van der Waals surface area contributed by atoms with Crippen LogP contribution in [0.4, 0.5) is 0 Å². The van der Waals surface area contributed by atoms with Gasteiger partial charge in [0.2, 0.25) is 0 Å². The van der Waals surface area contributed by atoms with Crippen LogP contribution in [0.5, 0.6) is 0 Å². The molecular weight excluding hydrogens is 148 g/mol. The molecule has 0 aliphatic carbocycles. The molecule has 0 saturated carbocycles. The van der Waals surface area contributed by atoms with Crippen LogP contribution in [0.25, 0.3) is 0 Å². The molecule has 0 aliphatic rings. The summed E-state index contributed by atoms with van der Waals surface area (Å²) in [6.07, 6.45) is 5.82. The number of allylic oxidation sites excluding steroid dienone is 4. The van der Waals surface area contributed by atoms with Crippen molar-refractivity contribution >= 4 is 0 Å². The summed E-state index contributed by atoms with van der Waals surface area (Å²) in [5, 5.41) is 6.37. The van der Waals surface area contributed by atoms with Crippen LogP contribution in [0.3, 0.4) is 0 Å². The summed E-state index contributed by atoms with van der Waals surface area (Å²) in [6.45, 7) is 10.4. The van der Waals surface area contributed by atoms with Gasteiger partial charge in [0.1, 0.15) is 0 Å². The lowest BCUT2D eigenvalue weighted by atomic mass is 10.4. The molecule has 0 aromatic heterocycles. The van der Waals surface area contributed by atoms with Crippen LogP contribution in [0.15, 0.2) is 36.2 Å². The first-order valence-corrected chi connectivity index (χ1v) is 4.14. The van der Waals surface area contributed by atoms with Crippen LogP contribution in [0.1, 0.15) is 20.8 Å². The highest BCUT2D eigenvalue weighted by Gasteiger charge is 1.86. The lowest BCUT2D eigenvalue weighted by Crippen LogP contribution is -2.26. The lowest BCUT2D eigenvalue weighted by Gasteiger charge is -2.09. The third-order valence-electron chi connectivity index (χ3n) is 1.62. The molecule has 0 aromatic rings. The Hall–Kier alpha value is -1.18. The third-order valence-corrected chi connectivity index (χ3v) is 1.62. The monoisotopic (exact) mass is 166 g/mol. The quantitative estimate of drug-likeness (QED) is 0.483. The summed E-state index contributed by atoms with van der Waals surface area (Å²) in [7, 11) is 0. The van der Waals surface area contributed by atoms with E-state index in [0.717, 1.165) is 12.4 Å². The van der Waals surface area contributed by atoms with Gasteiger partial charge in [0, 0.05) is 11.4 Å². The molecule has 0 aromatic carbocycles. The van der Waals surface area contributed by atoms with Gasteiger partial charge in [-0.1, -0.05) is 18.7 Å². The van der Waals surface area contributed by atoms with Crippen molar-refractivity contribution < 1.29 is 0 Å². The first kappa shape index (κ1) is 10.8. The molecule has 0 heterocycles. The molecule has 0 atom stereocenters. The van der Waals surface area contributed by atoms with Gasteiger partial charge in [-0.15, -0.1) is 0 Å². The minimum Gasteiger partial charge on any atom is -0.372 e. The summed E-state index contributed by atoms with van der Waals surface area (Å²) >= 11 is 0. The number of nitrogens with one attached hydrogen (secondary N) is 2. The molecule has 0 unspecified atom stereocenters. The second-order valence-electron chi connectivity index (χ2n) is 2.45. The van der Waals surface area contributed by atoms with E-state index in [4.69, 9.17) is 0 Å². The Bertz CT molecular complexity index is 190. The van der Waals surface area contributed by atoms with Crippen molar-refractivity contribution in [3.05, 3.63) is 36.2 Å². The van der Waals surface area contributed by atoms with Crippen molar-refractivity contribution in [1.82, 2.24) is 10.6 Å². The Morgan fingerprint density at radius 2 is 1.92 bits per heavy atom. The fraction of sp³-hybridized carbons (Fsp3) is 0.400. The summed E-state index contributed by atoms with van der Waals surface area (Å²) in [4.78, 5) is 0. The second kappa shape index (κ2) is 6.53. The molecular formula is C10H18N2. The first-order chi connectivity index (χ1) is 5.74. The predicted molar refractivity (Wildman–Crippen MR) is 54.5 cm³/mol. The van der Waals surface area contributed by atoms with Gasteiger partial charge >= 0.3 is 0 Å². The summed E-state index contributed by atoms with van der Waals surface area (Å²) in [5.74, 6) is 0. The summed E-state index contributed by atoms with van der Waals surface area (Å²) in [5.41, 5.74) is 2.22.